The number of hydrogen-bond donors (Lipinski definition) is 1. The van der Waals surface area contributed by atoms with Crippen molar-refractivity contribution < 1.29 is 4.74 Å². The monoisotopic (exact) mass is 253 g/mol. The van der Waals surface area contributed by atoms with E-state index in [-0.39, 0.29) is 0 Å². The van der Waals surface area contributed by atoms with Gasteiger partial charge in [0.25, 0.3) is 0 Å². The van der Waals surface area contributed by atoms with Gasteiger partial charge < -0.3 is 10.1 Å². The third kappa shape index (κ3) is 4.55. The molecular weight excluding hydrogens is 222 g/mol. The molecule has 3 atom stereocenters. The molecule has 0 aromatic heterocycles. The maximum Gasteiger partial charge on any atom is 0.0576 e. The van der Waals surface area contributed by atoms with Gasteiger partial charge in [-0.2, -0.15) is 0 Å². The summed E-state index contributed by atoms with van der Waals surface area (Å²) in [5.74, 6) is 2.75. The first-order chi connectivity index (χ1) is 8.75. The average molecular weight is 253 g/mol. The maximum absolute atomic E-state index is 5.69. The lowest BCUT2D eigenvalue weighted by molar-refractivity contribution is 0.0934. The van der Waals surface area contributed by atoms with Crippen LogP contribution in [-0.4, -0.2) is 25.8 Å². The molecule has 1 aliphatic heterocycles. The summed E-state index contributed by atoms with van der Waals surface area (Å²) in [6.07, 6.45) is 10.3. The second-order valence-electron chi connectivity index (χ2n) is 6.72. The van der Waals surface area contributed by atoms with Gasteiger partial charge in [0.15, 0.2) is 0 Å². The van der Waals surface area contributed by atoms with Gasteiger partial charge in [-0.3, -0.25) is 0 Å². The van der Waals surface area contributed by atoms with Crippen LogP contribution in [0.5, 0.6) is 0 Å². The number of rotatable bonds is 8. The van der Waals surface area contributed by atoms with Gasteiger partial charge in [-0.25, -0.2) is 0 Å². The predicted molar refractivity (Wildman–Crippen MR) is 76.7 cm³/mol. The zero-order valence-corrected chi connectivity index (χ0v) is 12.3. The van der Waals surface area contributed by atoms with Crippen molar-refractivity contribution >= 4 is 0 Å². The first-order valence-corrected chi connectivity index (χ1v) is 8.08. The Kier molecular flexibility index (Phi) is 5.97. The van der Waals surface area contributed by atoms with Crippen LogP contribution >= 0.6 is 0 Å². The summed E-state index contributed by atoms with van der Waals surface area (Å²) in [5.41, 5.74) is 0. The van der Waals surface area contributed by atoms with Crippen molar-refractivity contribution in [2.24, 2.45) is 17.8 Å². The summed E-state index contributed by atoms with van der Waals surface area (Å²) >= 11 is 0. The van der Waals surface area contributed by atoms with Crippen molar-refractivity contribution in [1.29, 1.82) is 0 Å². The fourth-order valence-electron chi connectivity index (χ4n) is 3.32. The predicted octanol–water partition coefficient (Wildman–Crippen LogP) is 3.61. The van der Waals surface area contributed by atoms with Crippen LogP contribution in [0.2, 0.25) is 0 Å². The lowest BCUT2D eigenvalue weighted by atomic mass is 9.71. The molecule has 2 fully saturated rings. The molecule has 0 bridgehead atoms. The molecule has 3 unspecified atom stereocenters. The summed E-state index contributed by atoms with van der Waals surface area (Å²) in [7, 11) is 0. The standard InChI is InChI=1S/C16H31NO/c1-13(2)11-17-12-15-9-8-14(15)5-3-6-16-7-4-10-18-16/h13-17H,3-12H2,1-2H3. The van der Waals surface area contributed by atoms with Crippen LogP contribution in [-0.2, 0) is 4.74 Å². The van der Waals surface area contributed by atoms with Crippen molar-refractivity contribution in [2.75, 3.05) is 19.7 Å². The minimum absolute atomic E-state index is 0.600. The molecule has 18 heavy (non-hydrogen) atoms. The van der Waals surface area contributed by atoms with E-state index in [0.717, 1.165) is 24.4 Å². The number of hydrogen-bond acceptors (Lipinski definition) is 2. The minimum Gasteiger partial charge on any atom is -0.378 e. The van der Waals surface area contributed by atoms with Crippen LogP contribution in [0.3, 0.4) is 0 Å². The van der Waals surface area contributed by atoms with Crippen LogP contribution < -0.4 is 5.32 Å². The summed E-state index contributed by atoms with van der Waals surface area (Å²) in [5, 5.41) is 3.62. The van der Waals surface area contributed by atoms with E-state index in [0.29, 0.717) is 6.10 Å². The van der Waals surface area contributed by atoms with E-state index < -0.39 is 0 Å². The van der Waals surface area contributed by atoms with Crippen LogP contribution in [0.4, 0.5) is 0 Å². The zero-order chi connectivity index (χ0) is 12.8. The second-order valence-corrected chi connectivity index (χ2v) is 6.72. The highest BCUT2D eigenvalue weighted by Crippen LogP contribution is 2.37. The van der Waals surface area contributed by atoms with Crippen molar-refractivity contribution in [2.45, 2.75) is 64.9 Å². The molecular formula is C16H31NO. The van der Waals surface area contributed by atoms with Gasteiger partial charge >= 0.3 is 0 Å². The molecule has 0 amide bonds. The molecule has 2 heteroatoms. The average Bonchev–Trinajstić information content (AvgIpc) is 2.81. The molecule has 0 radical (unpaired) electrons. The van der Waals surface area contributed by atoms with Crippen LogP contribution in [0.25, 0.3) is 0 Å². The van der Waals surface area contributed by atoms with Crippen molar-refractivity contribution in [1.82, 2.24) is 5.32 Å². The van der Waals surface area contributed by atoms with Crippen molar-refractivity contribution in [3.8, 4) is 0 Å². The smallest absolute Gasteiger partial charge is 0.0576 e. The lowest BCUT2D eigenvalue weighted by Gasteiger charge is -2.37. The molecule has 1 heterocycles. The lowest BCUT2D eigenvalue weighted by Crippen LogP contribution is -2.36. The third-order valence-corrected chi connectivity index (χ3v) is 4.66. The Morgan fingerprint density at radius 3 is 2.56 bits per heavy atom. The van der Waals surface area contributed by atoms with Gasteiger partial charge in [0.05, 0.1) is 6.10 Å². The van der Waals surface area contributed by atoms with Crippen molar-refractivity contribution in [3.05, 3.63) is 0 Å². The molecule has 1 aliphatic carbocycles. The SMILES string of the molecule is CC(C)CNCC1CCC1CCCC1CCCO1. The quantitative estimate of drug-likeness (QED) is 0.713. The largest absolute Gasteiger partial charge is 0.378 e. The maximum atomic E-state index is 5.69. The Balaban J connectivity index is 1.50. The van der Waals surface area contributed by atoms with Gasteiger partial charge in [-0.15, -0.1) is 0 Å². The van der Waals surface area contributed by atoms with E-state index >= 15 is 0 Å². The van der Waals surface area contributed by atoms with E-state index in [2.05, 4.69) is 19.2 Å². The van der Waals surface area contributed by atoms with Gasteiger partial charge in [0.2, 0.25) is 0 Å². The molecule has 0 aromatic carbocycles. The zero-order valence-electron chi connectivity index (χ0n) is 12.3. The summed E-state index contributed by atoms with van der Waals surface area (Å²) in [6, 6.07) is 0. The topological polar surface area (TPSA) is 21.3 Å². The molecule has 1 saturated carbocycles. The molecule has 2 aliphatic rings. The van der Waals surface area contributed by atoms with Gasteiger partial charge in [-0.05, 0) is 62.9 Å². The molecule has 0 aromatic rings. The molecule has 0 spiro atoms. The highest BCUT2D eigenvalue weighted by molar-refractivity contribution is 4.82. The molecule has 2 rings (SSSR count). The van der Waals surface area contributed by atoms with E-state index in [1.165, 1.54) is 58.0 Å². The number of ether oxygens (including phenoxy) is 1. The van der Waals surface area contributed by atoms with Gasteiger partial charge in [0, 0.05) is 6.61 Å². The minimum atomic E-state index is 0.600. The van der Waals surface area contributed by atoms with Crippen molar-refractivity contribution in [3.63, 3.8) is 0 Å². The summed E-state index contributed by atoms with van der Waals surface area (Å²) < 4.78 is 5.69. The fraction of sp³-hybridized carbons (Fsp3) is 1.00. The highest BCUT2D eigenvalue weighted by atomic mass is 16.5. The number of nitrogens with one attached hydrogen (secondary N) is 1. The fourth-order valence-corrected chi connectivity index (χ4v) is 3.32. The van der Waals surface area contributed by atoms with Crippen LogP contribution in [0.15, 0.2) is 0 Å². The van der Waals surface area contributed by atoms with Crippen LogP contribution in [0, 0.1) is 17.8 Å². The molecule has 2 nitrogen and oxygen atoms in total. The normalized spacial score (nSPS) is 31.8. The Hall–Kier alpha value is -0.0800. The van der Waals surface area contributed by atoms with E-state index in [1.54, 1.807) is 0 Å². The molecule has 106 valence electrons. The Morgan fingerprint density at radius 2 is 1.94 bits per heavy atom. The first kappa shape index (κ1) is 14.3. The van der Waals surface area contributed by atoms with E-state index in [9.17, 15) is 0 Å². The Labute approximate surface area is 113 Å². The summed E-state index contributed by atoms with van der Waals surface area (Å²) in [6.45, 7) is 8.01. The van der Waals surface area contributed by atoms with Crippen LogP contribution in [0.1, 0.15) is 58.8 Å². The highest BCUT2D eigenvalue weighted by Gasteiger charge is 2.30. The molecule has 1 saturated heterocycles. The van der Waals surface area contributed by atoms with Gasteiger partial charge in [0.1, 0.15) is 0 Å². The third-order valence-electron chi connectivity index (χ3n) is 4.66. The Bertz CT molecular complexity index is 223. The molecule has 1 N–H and O–H groups in total. The van der Waals surface area contributed by atoms with E-state index in [1.807, 2.05) is 0 Å². The van der Waals surface area contributed by atoms with E-state index in [4.69, 9.17) is 4.74 Å². The Morgan fingerprint density at radius 1 is 1.11 bits per heavy atom. The van der Waals surface area contributed by atoms with Gasteiger partial charge in [-0.1, -0.05) is 26.7 Å². The second kappa shape index (κ2) is 7.49. The first-order valence-electron chi connectivity index (χ1n) is 8.08. The summed E-state index contributed by atoms with van der Waals surface area (Å²) in [4.78, 5) is 0.